The van der Waals surface area contributed by atoms with Gasteiger partial charge in [-0.15, -0.1) is 0 Å². The topological polar surface area (TPSA) is 70.1 Å². The van der Waals surface area contributed by atoms with Crippen LogP contribution in [0.2, 0.25) is 0 Å². The summed E-state index contributed by atoms with van der Waals surface area (Å²) in [7, 11) is 1.34. The number of methoxy groups -OCH3 is 1. The third kappa shape index (κ3) is 3.06. The van der Waals surface area contributed by atoms with Gasteiger partial charge in [0.2, 0.25) is 0 Å². The van der Waals surface area contributed by atoms with E-state index in [1.54, 1.807) is 6.20 Å². The van der Waals surface area contributed by atoms with Crippen molar-refractivity contribution in [2.45, 2.75) is 32.4 Å². The second-order valence-electron chi connectivity index (χ2n) is 3.31. The maximum atomic E-state index is 11.1. The first-order valence-electron chi connectivity index (χ1n) is 5.02. The second-order valence-corrected chi connectivity index (χ2v) is 3.31. The molecule has 1 aromatic rings. The quantitative estimate of drug-likeness (QED) is 0.713. The van der Waals surface area contributed by atoms with E-state index in [9.17, 15) is 4.79 Å². The van der Waals surface area contributed by atoms with Crippen LogP contribution in [0.15, 0.2) is 12.4 Å². The number of hydrogen-bond donors (Lipinski definition) is 1. The van der Waals surface area contributed by atoms with E-state index in [0.717, 1.165) is 12.2 Å². The molecule has 0 aliphatic rings. The smallest absolute Gasteiger partial charge is 0.322 e. The normalized spacial score (nSPS) is 12.5. The lowest BCUT2D eigenvalue weighted by Gasteiger charge is -2.10. The van der Waals surface area contributed by atoms with E-state index in [0.29, 0.717) is 13.0 Å². The molecule has 0 saturated carbocycles. The molecule has 0 spiro atoms. The second kappa shape index (κ2) is 5.50. The number of imidazole rings is 1. The summed E-state index contributed by atoms with van der Waals surface area (Å²) in [5.74, 6) is 0.639. The summed E-state index contributed by atoms with van der Waals surface area (Å²) in [5.41, 5.74) is 5.63. The zero-order valence-corrected chi connectivity index (χ0v) is 9.14. The average molecular weight is 211 g/mol. The number of hydrogen-bond acceptors (Lipinski definition) is 4. The molecule has 1 rings (SSSR count). The van der Waals surface area contributed by atoms with Crippen molar-refractivity contribution >= 4 is 5.97 Å². The minimum atomic E-state index is -0.554. The van der Waals surface area contributed by atoms with E-state index in [4.69, 9.17) is 5.73 Å². The zero-order valence-electron chi connectivity index (χ0n) is 9.14. The van der Waals surface area contributed by atoms with Crippen LogP contribution in [0.5, 0.6) is 0 Å². The van der Waals surface area contributed by atoms with Gasteiger partial charge in [-0.3, -0.25) is 4.79 Å². The highest BCUT2D eigenvalue weighted by atomic mass is 16.5. The van der Waals surface area contributed by atoms with Gasteiger partial charge in [0, 0.05) is 25.4 Å². The Bertz CT molecular complexity index is 322. The monoisotopic (exact) mass is 211 g/mol. The number of ether oxygens (including phenoxy) is 1. The molecule has 1 heterocycles. The molecule has 0 aromatic carbocycles. The van der Waals surface area contributed by atoms with Crippen LogP contribution in [0.1, 0.15) is 19.2 Å². The number of carbonyl (C=O) groups is 1. The van der Waals surface area contributed by atoms with Crippen molar-refractivity contribution in [3.63, 3.8) is 0 Å². The summed E-state index contributed by atoms with van der Waals surface area (Å²) < 4.78 is 6.55. The van der Waals surface area contributed by atoms with E-state index in [1.807, 2.05) is 17.7 Å². The molecule has 0 radical (unpaired) electrons. The lowest BCUT2D eigenvalue weighted by atomic mass is 10.2. The van der Waals surface area contributed by atoms with Crippen LogP contribution in [-0.4, -0.2) is 28.7 Å². The SMILES string of the molecule is CCc1nccn1CCC(N)C(=O)OC. The van der Waals surface area contributed by atoms with Crippen molar-refractivity contribution in [3.05, 3.63) is 18.2 Å². The number of aromatic nitrogens is 2. The number of carbonyl (C=O) groups excluding carboxylic acids is 1. The Morgan fingerprint density at radius 3 is 3.07 bits per heavy atom. The van der Waals surface area contributed by atoms with E-state index in [-0.39, 0.29) is 5.97 Å². The van der Waals surface area contributed by atoms with Crippen LogP contribution in [0.25, 0.3) is 0 Å². The molecule has 84 valence electrons. The molecular formula is C10H17N3O2. The van der Waals surface area contributed by atoms with Crippen molar-refractivity contribution in [1.29, 1.82) is 0 Å². The highest BCUT2D eigenvalue weighted by molar-refractivity contribution is 5.75. The molecule has 0 aliphatic carbocycles. The molecule has 5 heteroatoms. The van der Waals surface area contributed by atoms with Crippen LogP contribution in [0.3, 0.4) is 0 Å². The predicted molar refractivity (Wildman–Crippen MR) is 56.2 cm³/mol. The molecule has 0 amide bonds. The molecule has 1 atom stereocenters. The van der Waals surface area contributed by atoms with Gasteiger partial charge in [0.1, 0.15) is 11.9 Å². The Hall–Kier alpha value is -1.36. The fraction of sp³-hybridized carbons (Fsp3) is 0.600. The van der Waals surface area contributed by atoms with Crippen LogP contribution >= 0.6 is 0 Å². The van der Waals surface area contributed by atoms with Crippen LogP contribution in [0, 0.1) is 0 Å². The standard InChI is InChI=1S/C10H17N3O2/c1-3-9-12-5-7-13(9)6-4-8(11)10(14)15-2/h5,7-8H,3-4,6,11H2,1-2H3. The van der Waals surface area contributed by atoms with Gasteiger partial charge in [0.25, 0.3) is 0 Å². The molecule has 0 aliphatic heterocycles. The average Bonchev–Trinajstić information content (AvgIpc) is 2.71. The molecule has 1 aromatic heterocycles. The summed E-state index contributed by atoms with van der Waals surface area (Å²) in [4.78, 5) is 15.2. The van der Waals surface area contributed by atoms with E-state index in [2.05, 4.69) is 9.72 Å². The molecule has 0 bridgehead atoms. The minimum absolute atomic E-state index is 0.367. The Morgan fingerprint density at radius 2 is 2.47 bits per heavy atom. The van der Waals surface area contributed by atoms with Gasteiger partial charge in [0.05, 0.1) is 7.11 Å². The first-order valence-corrected chi connectivity index (χ1v) is 5.02. The summed E-state index contributed by atoms with van der Waals surface area (Å²) in [5, 5.41) is 0. The molecule has 2 N–H and O–H groups in total. The number of nitrogens with zero attached hydrogens (tertiary/aromatic N) is 2. The summed E-state index contributed by atoms with van der Waals surface area (Å²) in [6.45, 7) is 2.73. The van der Waals surface area contributed by atoms with Crippen LogP contribution in [-0.2, 0) is 22.5 Å². The van der Waals surface area contributed by atoms with E-state index >= 15 is 0 Å². The molecule has 1 unspecified atom stereocenters. The Balaban J connectivity index is 2.46. The van der Waals surface area contributed by atoms with E-state index in [1.165, 1.54) is 7.11 Å². The van der Waals surface area contributed by atoms with E-state index < -0.39 is 6.04 Å². The van der Waals surface area contributed by atoms with Gasteiger partial charge < -0.3 is 15.0 Å². The number of aryl methyl sites for hydroxylation is 2. The maximum Gasteiger partial charge on any atom is 0.322 e. The van der Waals surface area contributed by atoms with Crippen molar-refractivity contribution in [3.8, 4) is 0 Å². The van der Waals surface area contributed by atoms with Gasteiger partial charge in [-0.25, -0.2) is 4.98 Å². The van der Waals surface area contributed by atoms with Gasteiger partial charge in [-0.2, -0.15) is 0 Å². The maximum absolute atomic E-state index is 11.1. The third-order valence-corrected chi connectivity index (χ3v) is 2.30. The molecular weight excluding hydrogens is 194 g/mol. The largest absolute Gasteiger partial charge is 0.468 e. The Kier molecular flexibility index (Phi) is 4.30. The predicted octanol–water partition coefficient (Wildman–Crippen LogP) is 0.336. The highest BCUT2D eigenvalue weighted by Gasteiger charge is 2.13. The van der Waals surface area contributed by atoms with Crippen molar-refractivity contribution in [2.24, 2.45) is 5.73 Å². The van der Waals surface area contributed by atoms with Crippen molar-refractivity contribution < 1.29 is 9.53 Å². The molecule has 5 nitrogen and oxygen atoms in total. The number of nitrogens with two attached hydrogens (primary N) is 1. The summed E-state index contributed by atoms with van der Waals surface area (Å²) >= 11 is 0. The first kappa shape index (κ1) is 11.7. The number of rotatable bonds is 5. The minimum Gasteiger partial charge on any atom is -0.468 e. The Labute approximate surface area is 89.2 Å². The van der Waals surface area contributed by atoms with Crippen LogP contribution < -0.4 is 5.73 Å². The summed E-state index contributed by atoms with van der Waals surface area (Å²) in [6.07, 6.45) is 5.09. The molecule has 15 heavy (non-hydrogen) atoms. The Morgan fingerprint density at radius 1 is 1.73 bits per heavy atom. The van der Waals surface area contributed by atoms with Crippen molar-refractivity contribution in [1.82, 2.24) is 9.55 Å². The summed E-state index contributed by atoms with van der Waals surface area (Å²) in [6, 6.07) is -0.554. The first-order chi connectivity index (χ1) is 7.19. The fourth-order valence-electron chi connectivity index (χ4n) is 1.41. The van der Waals surface area contributed by atoms with Crippen LogP contribution in [0.4, 0.5) is 0 Å². The van der Waals surface area contributed by atoms with Gasteiger partial charge >= 0.3 is 5.97 Å². The fourth-order valence-corrected chi connectivity index (χ4v) is 1.41. The van der Waals surface area contributed by atoms with Gasteiger partial charge in [-0.05, 0) is 6.42 Å². The van der Waals surface area contributed by atoms with Gasteiger partial charge in [0.15, 0.2) is 0 Å². The van der Waals surface area contributed by atoms with Crippen molar-refractivity contribution in [2.75, 3.05) is 7.11 Å². The third-order valence-electron chi connectivity index (χ3n) is 2.30. The number of esters is 1. The van der Waals surface area contributed by atoms with Gasteiger partial charge in [-0.1, -0.05) is 6.92 Å². The highest BCUT2D eigenvalue weighted by Crippen LogP contribution is 2.02. The molecule has 0 saturated heterocycles. The zero-order chi connectivity index (χ0) is 11.3. The molecule has 0 fully saturated rings. The lowest BCUT2D eigenvalue weighted by molar-refractivity contribution is -0.142. The lowest BCUT2D eigenvalue weighted by Crippen LogP contribution is -2.32.